The predicted molar refractivity (Wildman–Crippen MR) is 66.1 cm³/mol. The van der Waals surface area contributed by atoms with E-state index < -0.39 is 0 Å². The summed E-state index contributed by atoms with van der Waals surface area (Å²) in [5, 5.41) is 0. The molecular formula is C13H19LiN2O2. The van der Waals surface area contributed by atoms with Gasteiger partial charge in [0.2, 0.25) is 0 Å². The second-order valence-electron chi connectivity index (χ2n) is 4.37. The molecule has 5 heteroatoms. The van der Waals surface area contributed by atoms with E-state index in [2.05, 4.69) is 11.1 Å². The van der Waals surface area contributed by atoms with Crippen LogP contribution in [0, 0.1) is 6.07 Å². The van der Waals surface area contributed by atoms with Crippen molar-refractivity contribution in [2.45, 2.75) is 39.8 Å². The van der Waals surface area contributed by atoms with Crippen LogP contribution in [0.4, 0.5) is 0 Å². The van der Waals surface area contributed by atoms with Crippen LogP contribution in [0.5, 0.6) is 5.88 Å². The van der Waals surface area contributed by atoms with Crippen molar-refractivity contribution in [1.29, 1.82) is 0 Å². The van der Waals surface area contributed by atoms with Crippen LogP contribution < -0.4 is 23.6 Å². The van der Waals surface area contributed by atoms with Crippen LogP contribution in [0.3, 0.4) is 0 Å². The van der Waals surface area contributed by atoms with Crippen molar-refractivity contribution in [1.82, 2.24) is 9.88 Å². The number of nitrogens with zero attached hydrogens (tertiary/aromatic N) is 2. The van der Waals surface area contributed by atoms with Gasteiger partial charge in [0.25, 0.3) is 0 Å². The maximum absolute atomic E-state index is 12.4. The number of carbonyl (C=O) groups excluding carboxylic acids is 1. The molecule has 0 N–H and O–H groups in total. The number of amides is 1. The molecular weight excluding hydrogens is 223 g/mol. The third-order valence-corrected chi connectivity index (χ3v) is 2.46. The fourth-order valence-electron chi connectivity index (χ4n) is 1.85. The third-order valence-electron chi connectivity index (χ3n) is 2.46. The first-order chi connectivity index (χ1) is 7.99. The predicted octanol–water partition coefficient (Wildman–Crippen LogP) is -0.847. The zero-order valence-electron chi connectivity index (χ0n) is 12.0. The molecule has 0 radical (unpaired) electrons. The second-order valence-corrected chi connectivity index (χ2v) is 4.37. The van der Waals surface area contributed by atoms with Crippen LogP contribution in [-0.2, 0) is 0 Å². The van der Waals surface area contributed by atoms with E-state index in [4.69, 9.17) is 4.74 Å². The molecule has 1 aromatic heterocycles. The van der Waals surface area contributed by atoms with E-state index in [0.717, 1.165) is 0 Å². The van der Waals surface area contributed by atoms with E-state index in [0.29, 0.717) is 11.4 Å². The van der Waals surface area contributed by atoms with Gasteiger partial charge >= 0.3 is 18.9 Å². The molecule has 0 spiro atoms. The summed E-state index contributed by atoms with van der Waals surface area (Å²) in [6, 6.07) is 4.77. The third kappa shape index (κ3) is 3.76. The van der Waals surface area contributed by atoms with Gasteiger partial charge in [-0.25, -0.2) is 0 Å². The summed E-state index contributed by atoms with van der Waals surface area (Å²) in [5.41, 5.74) is 0.386. The minimum atomic E-state index is -0.0973. The van der Waals surface area contributed by atoms with Crippen molar-refractivity contribution in [3.05, 3.63) is 23.9 Å². The number of carbonyl (C=O) groups is 1. The SMILES string of the molecule is COc1ncc[c-]c1C(=O)N(C(C)C)C(C)C.[Li+]. The summed E-state index contributed by atoms with van der Waals surface area (Å²) < 4.78 is 5.09. The zero-order chi connectivity index (χ0) is 13.0. The summed E-state index contributed by atoms with van der Waals surface area (Å²) in [4.78, 5) is 18.2. The Kier molecular flexibility index (Phi) is 7.04. The molecule has 4 nitrogen and oxygen atoms in total. The summed E-state index contributed by atoms with van der Waals surface area (Å²) in [6.07, 6.45) is 1.56. The molecule has 94 valence electrons. The molecule has 0 atom stereocenters. The first-order valence-corrected chi connectivity index (χ1v) is 5.72. The number of methoxy groups -OCH3 is 1. The molecule has 1 heterocycles. The molecule has 0 aliphatic rings. The normalized spacial score (nSPS) is 10.2. The Hall–Kier alpha value is -0.983. The fourth-order valence-corrected chi connectivity index (χ4v) is 1.85. The number of hydrogen-bond acceptors (Lipinski definition) is 3. The van der Waals surface area contributed by atoms with Crippen molar-refractivity contribution in [3.8, 4) is 5.88 Å². The van der Waals surface area contributed by atoms with Gasteiger partial charge in [-0.3, -0.25) is 0 Å². The maximum Gasteiger partial charge on any atom is 1.00 e. The Morgan fingerprint density at radius 2 is 1.89 bits per heavy atom. The zero-order valence-corrected chi connectivity index (χ0v) is 12.0. The number of pyridine rings is 1. The first-order valence-electron chi connectivity index (χ1n) is 5.72. The summed E-state index contributed by atoms with van der Waals surface area (Å²) >= 11 is 0. The van der Waals surface area contributed by atoms with Crippen LogP contribution in [-0.4, -0.2) is 35.0 Å². The number of hydrogen-bond donors (Lipinski definition) is 0. The van der Waals surface area contributed by atoms with Gasteiger partial charge in [-0.1, -0.05) is 6.20 Å². The van der Waals surface area contributed by atoms with Crippen LogP contribution in [0.1, 0.15) is 38.1 Å². The average Bonchev–Trinajstić information content (AvgIpc) is 2.27. The minimum Gasteiger partial charge on any atom is -0.524 e. The van der Waals surface area contributed by atoms with Crippen LogP contribution in [0.25, 0.3) is 0 Å². The Morgan fingerprint density at radius 3 is 2.33 bits per heavy atom. The van der Waals surface area contributed by atoms with Crippen molar-refractivity contribution in [3.63, 3.8) is 0 Å². The second kappa shape index (κ2) is 7.45. The molecule has 1 aromatic rings. The van der Waals surface area contributed by atoms with Gasteiger partial charge in [0.1, 0.15) is 5.88 Å². The van der Waals surface area contributed by atoms with Gasteiger partial charge in [-0.15, -0.1) is 12.1 Å². The molecule has 0 unspecified atom stereocenters. The maximum atomic E-state index is 12.4. The fraction of sp³-hybridized carbons (Fsp3) is 0.538. The van der Waals surface area contributed by atoms with E-state index in [1.807, 2.05) is 27.7 Å². The Labute approximate surface area is 121 Å². The molecule has 1 rings (SSSR count). The first kappa shape index (κ1) is 17.0. The van der Waals surface area contributed by atoms with E-state index in [1.165, 1.54) is 7.11 Å². The van der Waals surface area contributed by atoms with Gasteiger partial charge in [-0.05, 0) is 33.3 Å². The van der Waals surface area contributed by atoms with Crippen molar-refractivity contribution in [2.75, 3.05) is 7.11 Å². The molecule has 0 saturated heterocycles. The van der Waals surface area contributed by atoms with Gasteiger partial charge in [0, 0.05) is 12.1 Å². The topological polar surface area (TPSA) is 42.4 Å². The summed E-state index contributed by atoms with van der Waals surface area (Å²) in [7, 11) is 1.50. The molecule has 0 saturated carbocycles. The minimum absolute atomic E-state index is 0. The molecule has 1 amide bonds. The molecule has 18 heavy (non-hydrogen) atoms. The van der Waals surface area contributed by atoms with Crippen molar-refractivity contribution in [2.24, 2.45) is 0 Å². The smallest absolute Gasteiger partial charge is 0.524 e. The Bertz CT molecular complexity index is 386. The number of aromatic nitrogens is 1. The molecule has 0 fully saturated rings. The summed E-state index contributed by atoms with van der Waals surface area (Å²) in [5.74, 6) is 0.226. The largest absolute Gasteiger partial charge is 1.00 e. The molecule has 0 aromatic carbocycles. The van der Waals surface area contributed by atoms with E-state index in [-0.39, 0.29) is 36.9 Å². The number of ether oxygens (including phenoxy) is 1. The van der Waals surface area contributed by atoms with E-state index in [1.54, 1.807) is 17.2 Å². The molecule has 0 bridgehead atoms. The van der Waals surface area contributed by atoms with Crippen LogP contribution in [0.15, 0.2) is 12.3 Å². The Morgan fingerprint density at radius 1 is 1.33 bits per heavy atom. The van der Waals surface area contributed by atoms with E-state index in [9.17, 15) is 4.79 Å². The quantitative estimate of drug-likeness (QED) is 0.510. The van der Waals surface area contributed by atoms with Gasteiger partial charge in [0.15, 0.2) is 5.91 Å². The number of rotatable bonds is 4. The van der Waals surface area contributed by atoms with Crippen LogP contribution >= 0.6 is 0 Å². The van der Waals surface area contributed by atoms with Crippen molar-refractivity contribution >= 4 is 5.91 Å². The van der Waals surface area contributed by atoms with Crippen LogP contribution in [0.2, 0.25) is 0 Å². The van der Waals surface area contributed by atoms with Gasteiger partial charge < -0.3 is 19.4 Å². The standard InChI is InChI=1S/C13H19N2O2.Li/c1-9(2)15(10(3)4)13(16)11-7-6-8-14-12(11)17-5;/h6,8-10H,1-5H3;/q-1;+1. The van der Waals surface area contributed by atoms with Crippen molar-refractivity contribution < 1.29 is 28.4 Å². The summed E-state index contributed by atoms with van der Waals surface area (Å²) in [6.45, 7) is 7.95. The molecule has 0 aliphatic heterocycles. The molecule has 0 aliphatic carbocycles. The van der Waals surface area contributed by atoms with E-state index >= 15 is 0 Å². The Balaban J connectivity index is 0.00000289. The van der Waals surface area contributed by atoms with Gasteiger partial charge in [0.05, 0.1) is 7.11 Å². The van der Waals surface area contributed by atoms with Gasteiger partial charge in [-0.2, -0.15) is 0 Å². The average molecular weight is 242 g/mol. The monoisotopic (exact) mass is 242 g/mol.